The monoisotopic (exact) mass is 514 g/mol. The van der Waals surface area contributed by atoms with Gasteiger partial charge in [0.15, 0.2) is 0 Å². The highest BCUT2D eigenvalue weighted by Crippen LogP contribution is 2.36. The molecule has 0 saturated carbocycles. The number of carbonyl (C=O) groups excluding carboxylic acids is 1. The van der Waals surface area contributed by atoms with Crippen molar-refractivity contribution in [3.63, 3.8) is 0 Å². The topological polar surface area (TPSA) is 26.3 Å². The molecule has 0 heterocycles. The lowest BCUT2D eigenvalue weighted by Crippen LogP contribution is -2.08. The Morgan fingerprint density at radius 1 is 0.771 bits per heavy atom. The zero-order valence-corrected chi connectivity index (χ0v) is 21.8. The molecule has 0 unspecified atom stereocenters. The molecule has 0 aliphatic heterocycles. The largest absolute Gasteiger partial charge is 0.465 e. The van der Waals surface area contributed by atoms with Gasteiger partial charge in [-0.15, -0.1) is 23.5 Å². The Kier molecular flexibility index (Phi) is 7.87. The number of thioether (sulfide) groups is 2. The van der Waals surface area contributed by atoms with Crippen LogP contribution in [0, 0.1) is 0 Å². The van der Waals surface area contributed by atoms with Crippen molar-refractivity contribution in [3.8, 4) is 0 Å². The Morgan fingerprint density at radius 2 is 1.49 bits per heavy atom. The lowest BCUT2D eigenvalue weighted by molar-refractivity contribution is -0.143. The van der Waals surface area contributed by atoms with Gasteiger partial charge in [-0.1, -0.05) is 97.1 Å². The minimum atomic E-state index is -0.133. The van der Waals surface area contributed by atoms with E-state index < -0.39 is 0 Å². The SMILES string of the molecule is O=C(CCCc1ccc2ccc3cccc4ccc1c2c34)OCCSC(=S)SCc1ccccc1. The van der Waals surface area contributed by atoms with Gasteiger partial charge in [-0.25, -0.2) is 0 Å². The van der Waals surface area contributed by atoms with Crippen LogP contribution in [0.15, 0.2) is 84.9 Å². The van der Waals surface area contributed by atoms with E-state index in [4.69, 9.17) is 17.0 Å². The number of rotatable bonds is 9. The van der Waals surface area contributed by atoms with Crippen LogP contribution in [0.25, 0.3) is 32.3 Å². The first-order valence-corrected chi connectivity index (χ1v) is 14.2. The zero-order chi connectivity index (χ0) is 24.0. The van der Waals surface area contributed by atoms with Crippen LogP contribution in [0.4, 0.5) is 0 Å². The number of carbonyl (C=O) groups is 1. The highest BCUT2D eigenvalue weighted by atomic mass is 32.2. The molecule has 0 amide bonds. The summed E-state index contributed by atoms with van der Waals surface area (Å²) in [7, 11) is 0. The number of hydrogen-bond acceptors (Lipinski definition) is 5. The van der Waals surface area contributed by atoms with Gasteiger partial charge < -0.3 is 4.74 Å². The van der Waals surface area contributed by atoms with Crippen molar-refractivity contribution in [2.45, 2.75) is 25.0 Å². The van der Waals surface area contributed by atoms with E-state index in [0.717, 1.165) is 22.1 Å². The summed E-state index contributed by atoms with van der Waals surface area (Å²) < 4.78 is 6.33. The summed E-state index contributed by atoms with van der Waals surface area (Å²) in [4.78, 5) is 12.3. The van der Waals surface area contributed by atoms with Gasteiger partial charge in [-0.3, -0.25) is 4.79 Å². The van der Waals surface area contributed by atoms with E-state index in [-0.39, 0.29) is 5.97 Å². The molecule has 5 rings (SSSR count). The third-order valence-corrected chi connectivity index (χ3v) is 8.95. The molecule has 0 aliphatic rings. The third-order valence-electron chi connectivity index (χ3n) is 6.21. The molecule has 0 fully saturated rings. The summed E-state index contributed by atoms with van der Waals surface area (Å²) in [5.74, 6) is 1.43. The molecule has 5 aromatic rings. The fraction of sp³-hybridized carbons (Fsp3) is 0.200. The van der Waals surface area contributed by atoms with Crippen molar-refractivity contribution in [1.82, 2.24) is 0 Å². The zero-order valence-electron chi connectivity index (χ0n) is 19.4. The van der Waals surface area contributed by atoms with Gasteiger partial charge in [0.2, 0.25) is 0 Å². The maximum Gasteiger partial charge on any atom is 0.305 e. The fourth-order valence-corrected chi connectivity index (χ4v) is 6.54. The summed E-state index contributed by atoms with van der Waals surface area (Å²) in [6.07, 6.45) is 2.07. The van der Waals surface area contributed by atoms with E-state index in [1.165, 1.54) is 43.4 Å². The quantitative estimate of drug-likeness (QED) is 0.0851. The van der Waals surface area contributed by atoms with Crippen LogP contribution in [-0.4, -0.2) is 21.9 Å². The molecule has 2 nitrogen and oxygen atoms in total. The number of ether oxygens (including phenoxy) is 1. The number of aryl methyl sites for hydroxylation is 1. The molecule has 0 atom stereocenters. The Bertz CT molecular complexity index is 1450. The first-order valence-electron chi connectivity index (χ1n) is 11.8. The molecule has 5 heteroatoms. The van der Waals surface area contributed by atoms with Gasteiger partial charge in [0.25, 0.3) is 0 Å². The standard InChI is InChI=1S/C30H26O2S3/c31-27(32-18-19-34-30(33)35-20-21-6-2-1-3-7-21)11-5-8-22-12-13-25-15-14-23-9-4-10-24-16-17-26(22)29(25)28(23)24/h1-4,6-7,9-10,12-17H,5,8,11,18-20H2. The van der Waals surface area contributed by atoms with E-state index in [2.05, 4.69) is 66.7 Å². The van der Waals surface area contributed by atoms with Crippen LogP contribution in [0.1, 0.15) is 24.0 Å². The Hall–Kier alpha value is -2.60. The summed E-state index contributed by atoms with van der Waals surface area (Å²) >= 11 is 8.66. The highest BCUT2D eigenvalue weighted by molar-refractivity contribution is 8.46. The molecule has 5 aromatic carbocycles. The van der Waals surface area contributed by atoms with E-state index >= 15 is 0 Å². The fourth-order valence-electron chi connectivity index (χ4n) is 4.55. The predicted octanol–water partition coefficient (Wildman–Crippen LogP) is 8.40. The van der Waals surface area contributed by atoms with Gasteiger partial charge in [0.1, 0.15) is 10.1 Å². The molecule has 0 aliphatic carbocycles. The van der Waals surface area contributed by atoms with Gasteiger partial charge in [0.05, 0.1) is 0 Å². The minimum Gasteiger partial charge on any atom is -0.465 e. The Labute approximate surface area is 219 Å². The summed E-state index contributed by atoms with van der Waals surface area (Å²) in [6, 6.07) is 30.0. The summed E-state index contributed by atoms with van der Waals surface area (Å²) in [5.41, 5.74) is 2.55. The van der Waals surface area contributed by atoms with Crippen molar-refractivity contribution >= 4 is 77.6 Å². The Morgan fingerprint density at radius 3 is 2.29 bits per heavy atom. The number of hydrogen-bond donors (Lipinski definition) is 0. The second kappa shape index (κ2) is 11.4. The van der Waals surface area contributed by atoms with Crippen molar-refractivity contribution in [3.05, 3.63) is 96.1 Å². The second-order valence-electron chi connectivity index (χ2n) is 8.53. The highest BCUT2D eigenvalue weighted by Gasteiger charge is 2.11. The van der Waals surface area contributed by atoms with Gasteiger partial charge in [0, 0.05) is 17.9 Å². The molecule has 0 N–H and O–H groups in total. The average molecular weight is 515 g/mol. The van der Waals surface area contributed by atoms with Crippen LogP contribution >= 0.6 is 35.7 Å². The van der Waals surface area contributed by atoms with Gasteiger partial charge in [-0.2, -0.15) is 0 Å². The smallest absolute Gasteiger partial charge is 0.305 e. The lowest BCUT2D eigenvalue weighted by atomic mass is 9.90. The first-order chi connectivity index (χ1) is 17.2. The van der Waals surface area contributed by atoms with Crippen LogP contribution in [0.3, 0.4) is 0 Å². The van der Waals surface area contributed by atoms with Crippen LogP contribution < -0.4 is 0 Å². The predicted molar refractivity (Wildman–Crippen MR) is 157 cm³/mol. The van der Waals surface area contributed by atoms with Gasteiger partial charge >= 0.3 is 5.97 Å². The Balaban J connectivity index is 1.08. The summed E-state index contributed by atoms with van der Waals surface area (Å²) in [5, 5.41) is 7.78. The normalized spacial score (nSPS) is 11.4. The lowest BCUT2D eigenvalue weighted by Gasteiger charge is -2.14. The average Bonchev–Trinajstić information content (AvgIpc) is 2.90. The molecular formula is C30H26O2S3. The van der Waals surface area contributed by atoms with Crippen LogP contribution in [0.2, 0.25) is 0 Å². The molecule has 0 bridgehead atoms. The third kappa shape index (κ3) is 5.80. The minimum absolute atomic E-state index is 0.133. The molecule has 35 heavy (non-hydrogen) atoms. The number of thiocarbonyl (C=S) groups is 1. The van der Waals surface area contributed by atoms with Crippen LogP contribution in [0.5, 0.6) is 0 Å². The molecular weight excluding hydrogens is 489 g/mol. The summed E-state index contributed by atoms with van der Waals surface area (Å²) in [6.45, 7) is 0.397. The van der Waals surface area contributed by atoms with E-state index in [1.807, 2.05) is 18.2 Å². The van der Waals surface area contributed by atoms with Crippen LogP contribution in [-0.2, 0) is 21.7 Å². The van der Waals surface area contributed by atoms with Crippen molar-refractivity contribution < 1.29 is 9.53 Å². The second-order valence-corrected chi connectivity index (χ2v) is 11.8. The van der Waals surface area contributed by atoms with Gasteiger partial charge in [-0.05, 0) is 56.3 Å². The van der Waals surface area contributed by atoms with E-state index in [9.17, 15) is 4.79 Å². The molecule has 0 saturated heterocycles. The van der Waals surface area contributed by atoms with Crippen molar-refractivity contribution in [2.24, 2.45) is 0 Å². The maximum atomic E-state index is 12.3. The van der Waals surface area contributed by atoms with Crippen molar-refractivity contribution in [2.75, 3.05) is 12.4 Å². The molecule has 0 spiro atoms. The molecule has 0 radical (unpaired) electrons. The maximum absolute atomic E-state index is 12.3. The molecule has 176 valence electrons. The number of benzene rings is 5. The molecule has 0 aromatic heterocycles. The van der Waals surface area contributed by atoms with Crippen molar-refractivity contribution in [1.29, 1.82) is 0 Å². The van der Waals surface area contributed by atoms with E-state index in [1.54, 1.807) is 23.5 Å². The first kappa shape index (κ1) is 24.1. The van der Waals surface area contributed by atoms with E-state index in [0.29, 0.717) is 18.8 Å². The number of esters is 1.